The summed E-state index contributed by atoms with van der Waals surface area (Å²) >= 11 is 0. The van der Waals surface area contributed by atoms with Crippen LogP contribution in [0.5, 0.6) is 0 Å². The summed E-state index contributed by atoms with van der Waals surface area (Å²) in [6.45, 7) is 1.15. The molecule has 4 rings (SSSR count). The maximum atomic E-state index is 13.9. The van der Waals surface area contributed by atoms with Crippen molar-refractivity contribution >= 4 is 23.3 Å². The summed E-state index contributed by atoms with van der Waals surface area (Å²) in [6.07, 6.45) is 0. The van der Waals surface area contributed by atoms with Gasteiger partial charge in [0.05, 0.1) is 5.56 Å². The molecule has 3 aromatic rings. The van der Waals surface area contributed by atoms with E-state index in [1.165, 1.54) is 12.1 Å². The van der Waals surface area contributed by atoms with Crippen LogP contribution >= 0.6 is 0 Å². The van der Waals surface area contributed by atoms with Crippen LogP contribution in [0.1, 0.15) is 10.6 Å². The zero-order valence-electron chi connectivity index (χ0n) is 14.2. The summed E-state index contributed by atoms with van der Waals surface area (Å²) in [4.78, 5) is 25.8. The maximum Gasteiger partial charge on any atom is 0.321 e. The van der Waals surface area contributed by atoms with Crippen molar-refractivity contribution in [3.05, 3.63) is 72.2 Å². The molecule has 3 amide bonds. The zero-order valence-corrected chi connectivity index (χ0v) is 14.2. The van der Waals surface area contributed by atoms with Gasteiger partial charge >= 0.3 is 6.03 Å². The topological polar surface area (TPSA) is 74.6 Å². The van der Waals surface area contributed by atoms with Crippen molar-refractivity contribution in [2.24, 2.45) is 0 Å². The summed E-state index contributed by atoms with van der Waals surface area (Å²) in [7, 11) is 0. The van der Waals surface area contributed by atoms with Crippen LogP contribution in [0, 0.1) is 5.82 Å². The third kappa shape index (κ3) is 3.39. The number of carbonyl (C=O) groups is 2. The first kappa shape index (κ1) is 16.8. The number of rotatable bonds is 4. The van der Waals surface area contributed by atoms with Gasteiger partial charge in [0.1, 0.15) is 11.6 Å². The van der Waals surface area contributed by atoms with Crippen LogP contribution in [0.3, 0.4) is 0 Å². The second kappa shape index (κ2) is 6.95. The Morgan fingerprint density at radius 1 is 1.11 bits per heavy atom. The van der Waals surface area contributed by atoms with Crippen molar-refractivity contribution in [3.63, 3.8) is 0 Å². The van der Waals surface area contributed by atoms with Gasteiger partial charge in [-0.15, -0.1) is 0 Å². The number of nitrogens with one attached hydrogen (secondary N) is 2. The average Bonchev–Trinajstić information content (AvgIpc) is 3.31. The van der Waals surface area contributed by atoms with Crippen molar-refractivity contribution in [1.82, 2.24) is 5.32 Å². The number of halogens is 1. The Morgan fingerprint density at radius 2 is 1.96 bits per heavy atom. The van der Waals surface area contributed by atoms with Crippen LogP contribution < -0.4 is 15.5 Å². The number of urea groups is 1. The number of carbonyl (C=O) groups excluding carboxylic acids is 2. The van der Waals surface area contributed by atoms with E-state index in [1.807, 2.05) is 0 Å². The van der Waals surface area contributed by atoms with E-state index in [-0.39, 0.29) is 17.6 Å². The maximum absolute atomic E-state index is 13.9. The number of hydrogen-bond donors (Lipinski definition) is 2. The van der Waals surface area contributed by atoms with Crippen LogP contribution in [0.25, 0.3) is 11.3 Å². The molecule has 0 bridgehead atoms. The first-order valence-corrected chi connectivity index (χ1v) is 8.43. The van der Waals surface area contributed by atoms with Gasteiger partial charge in [0.2, 0.25) is 0 Å². The zero-order chi connectivity index (χ0) is 18.8. The molecule has 136 valence electrons. The summed E-state index contributed by atoms with van der Waals surface area (Å²) in [5.74, 6) is -0.533. The molecule has 7 heteroatoms. The average molecular weight is 365 g/mol. The van der Waals surface area contributed by atoms with Crippen molar-refractivity contribution < 1.29 is 18.4 Å². The smallest absolute Gasteiger partial charge is 0.321 e. The van der Waals surface area contributed by atoms with E-state index in [4.69, 9.17) is 4.42 Å². The van der Waals surface area contributed by atoms with Gasteiger partial charge in [-0.1, -0.05) is 18.2 Å². The molecule has 2 N–H and O–H groups in total. The Morgan fingerprint density at radius 3 is 2.74 bits per heavy atom. The Hall–Kier alpha value is -3.61. The first-order valence-electron chi connectivity index (χ1n) is 8.43. The van der Waals surface area contributed by atoms with Crippen LogP contribution in [-0.2, 0) is 0 Å². The van der Waals surface area contributed by atoms with Gasteiger partial charge in [-0.2, -0.15) is 0 Å². The van der Waals surface area contributed by atoms with Gasteiger partial charge in [-0.05, 0) is 42.5 Å². The summed E-state index contributed by atoms with van der Waals surface area (Å²) in [6, 6.07) is 16.1. The Balaban J connectivity index is 1.52. The summed E-state index contributed by atoms with van der Waals surface area (Å²) in [5.41, 5.74) is 1.51. The molecule has 0 atom stereocenters. The largest absolute Gasteiger partial charge is 0.451 e. The van der Waals surface area contributed by atoms with Crippen LogP contribution in [0.4, 0.5) is 20.6 Å². The second-order valence-electron chi connectivity index (χ2n) is 6.03. The minimum absolute atomic E-state index is 0.0672. The molecular formula is C20H16FN3O3. The third-order valence-corrected chi connectivity index (χ3v) is 4.24. The third-order valence-electron chi connectivity index (χ3n) is 4.24. The molecular weight excluding hydrogens is 349 g/mol. The lowest BCUT2D eigenvalue weighted by Crippen LogP contribution is -2.27. The van der Waals surface area contributed by atoms with Gasteiger partial charge in [0.25, 0.3) is 5.91 Å². The Bertz CT molecular complexity index is 1010. The first-order chi connectivity index (χ1) is 13.1. The molecule has 0 aliphatic carbocycles. The molecule has 0 spiro atoms. The van der Waals surface area contributed by atoms with Gasteiger partial charge in [-0.25, -0.2) is 9.18 Å². The minimum atomic E-state index is -0.458. The highest BCUT2D eigenvalue weighted by Gasteiger charge is 2.21. The van der Waals surface area contributed by atoms with E-state index in [2.05, 4.69) is 10.6 Å². The van der Waals surface area contributed by atoms with E-state index in [0.717, 1.165) is 0 Å². The molecule has 1 aliphatic rings. The molecule has 1 aromatic heterocycles. The van der Waals surface area contributed by atoms with E-state index >= 15 is 0 Å². The van der Waals surface area contributed by atoms with Crippen molar-refractivity contribution in [2.45, 2.75) is 0 Å². The fraction of sp³-hybridized carbons (Fsp3) is 0.100. The van der Waals surface area contributed by atoms with Gasteiger partial charge in [0, 0.05) is 24.5 Å². The van der Waals surface area contributed by atoms with Crippen molar-refractivity contribution in [2.75, 3.05) is 23.3 Å². The minimum Gasteiger partial charge on any atom is -0.451 e. The SMILES string of the molecule is O=C(Nc1cccc(N2CCNC2=O)c1)c1ccc(-c2ccccc2F)o1. The second-order valence-corrected chi connectivity index (χ2v) is 6.03. The number of amides is 3. The molecule has 1 fully saturated rings. The standard InChI is InChI=1S/C20H16FN3O3/c21-16-7-2-1-6-15(16)17-8-9-18(27-17)19(25)23-13-4-3-5-14(12-13)24-11-10-22-20(24)26/h1-9,12H,10-11H2,(H,22,26)(H,23,25). The molecule has 1 saturated heterocycles. The molecule has 1 aliphatic heterocycles. The van der Waals surface area contributed by atoms with E-state index < -0.39 is 11.7 Å². The quantitative estimate of drug-likeness (QED) is 0.737. The van der Waals surface area contributed by atoms with Crippen LogP contribution in [0.2, 0.25) is 0 Å². The van der Waals surface area contributed by atoms with Gasteiger partial charge < -0.3 is 15.1 Å². The molecule has 6 nitrogen and oxygen atoms in total. The normalized spacial score (nSPS) is 13.5. The molecule has 27 heavy (non-hydrogen) atoms. The summed E-state index contributed by atoms with van der Waals surface area (Å²) < 4.78 is 19.4. The number of benzene rings is 2. The Labute approximate surface area is 154 Å². The molecule has 0 unspecified atom stereocenters. The fourth-order valence-electron chi connectivity index (χ4n) is 2.93. The highest BCUT2D eigenvalue weighted by molar-refractivity contribution is 6.03. The van der Waals surface area contributed by atoms with Crippen molar-refractivity contribution in [3.8, 4) is 11.3 Å². The van der Waals surface area contributed by atoms with E-state index in [0.29, 0.717) is 30.0 Å². The lowest BCUT2D eigenvalue weighted by Gasteiger charge is -2.15. The molecule has 2 aromatic carbocycles. The van der Waals surface area contributed by atoms with E-state index in [1.54, 1.807) is 53.4 Å². The lowest BCUT2D eigenvalue weighted by atomic mass is 10.1. The molecule has 0 saturated carbocycles. The predicted molar refractivity (Wildman–Crippen MR) is 99.2 cm³/mol. The fourth-order valence-corrected chi connectivity index (χ4v) is 2.93. The van der Waals surface area contributed by atoms with Gasteiger partial charge in [0.15, 0.2) is 5.76 Å². The number of anilines is 2. The van der Waals surface area contributed by atoms with E-state index in [9.17, 15) is 14.0 Å². The highest BCUT2D eigenvalue weighted by Crippen LogP contribution is 2.26. The van der Waals surface area contributed by atoms with Crippen molar-refractivity contribution in [1.29, 1.82) is 0 Å². The monoisotopic (exact) mass is 365 g/mol. The molecule has 0 radical (unpaired) electrons. The number of nitrogens with zero attached hydrogens (tertiary/aromatic N) is 1. The molecule has 2 heterocycles. The van der Waals surface area contributed by atoms with Crippen LogP contribution in [0.15, 0.2) is 65.1 Å². The highest BCUT2D eigenvalue weighted by atomic mass is 19.1. The predicted octanol–water partition coefficient (Wildman–Crippen LogP) is 3.87. The number of hydrogen-bond acceptors (Lipinski definition) is 3. The summed E-state index contributed by atoms with van der Waals surface area (Å²) in [5, 5.41) is 5.46. The van der Waals surface area contributed by atoms with Gasteiger partial charge in [-0.3, -0.25) is 9.69 Å². The number of furan rings is 1. The van der Waals surface area contributed by atoms with Crippen LogP contribution in [-0.4, -0.2) is 25.0 Å². The lowest BCUT2D eigenvalue weighted by molar-refractivity contribution is 0.0997. The Kier molecular flexibility index (Phi) is 4.33.